The summed E-state index contributed by atoms with van der Waals surface area (Å²) < 4.78 is 5.29. The topological polar surface area (TPSA) is 50.4 Å². The molecule has 2 aliphatic carbocycles. The largest absolute Gasteiger partial charge is 0.497 e. The summed E-state index contributed by atoms with van der Waals surface area (Å²) in [5, 5.41) is 6.36. The van der Waals surface area contributed by atoms with E-state index < -0.39 is 0 Å². The normalized spacial score (nSPS) is 18.7. The standard InChI is InChI=1S/C23H30N2O2/c1-4-6-7-8-9-10-13-23(14-15-23)25-22(26)18-24-20-11-12-21(27-3)17-19(5-2)16-20/h4-6,8-13,17,24H,2,7,14-16,18H2,1,3H3,(H,25,26)/b6-4-,9-8-,13-10+. The van der Waals surface area contributed by atoms with Crippen LogP contribution in [0.5, 0.6) is 0 Å². The number of methoxy groups -OCH3 is 1. The van der Waals surface area contributed by atoms with Gasteiger partial charge in [0.15, 0.2) is 0 Å². The van der Waals surface area contributed by atoms with E-state index in [9.17, 15) is 4.79 Å². The van der Waals surface area contributed by atoms with Gasteiger partial charge in [-0.25, -0.2) is 0 Å². The molecule has 0 spiro atoms. The van der Waals surface area contributed by atoms with Crippen LogP contribution in [-0.2, 0) is 9.53 Å². The van der Waals surface area contributed by atoms with Gasteiger partial charge < -0.3 is 15.4 Å². The van der Waals surface area contributed by atoms with Crippen LogP contribution in [0.15, 0.2) is 84.4 Å². The molecule has 4 heteroatoms. The number of carbonyl (C=O) groups excluding carboxylic acids is 1. The molecule has 2 aliphatic rings. The van der Waals surface area contributed by atoms with Gasteiger partial charge in [-0.1, -0.05) is 49.1 Å². The van der Waals surface area contributed by atoms with Crippen LogP contribution >= 0.6 is 0 Å². The molecule has 1 fully saturated rings. The van der Waals surface area contributed by atoms with Gasteiger partial charge in [-0.2, -0.15) is 0 Å². The third-order valence-electron chi connectivity index (χ3n) is 4.49. The van der Waals surface area contributed by atoms with Gasteiger partial charge in [-0.05, 0) is 50.0 Å². The van der Waals surface area contributed by atoms with E-state index in [1.807, 2.05) is 49.5 Å². The quantitative estimate of drug-likeness (QED) is 0.449. The summed E-state index contributed by atoms with van der Waals surface area (Å²) in [7, 11) is 1.64. The summed E-state index contributed by atoms with van der Waals surface area (Å²) in [6.45, 7) is 6.09. The first kappa shape index (κ1) is 20.6. The third kappa shape index (κ3) is 7.18. The van der Waals surface area contributed by atoms with Crippen molar-refractivity contribution >= 4 is 5.91 Å². The molecule has 4 nitrogen and oxygen atoms in total. The van der Waals surface area contributed by atoms with Crippen LogP contribution in [0.1, 0.15) is 32.6 Å². The Labute approximate surface area is 162 Å². The molecule has 0 bridgehead atoms. The molecule has 0 heterocycles. The van der Waals surface area contributed by atoms with E-state index in [1.54, 1.807) is 7.11 Å². The second-order valence-electron chi connectivity index (χ2n) is 6.72. The van der Waals surface area contributed by atoms with Crippen molar-refractivity contribution in [2.45, 2.75) is 38.1 Å². The first-order valence-corrected chi connectivity index (χ1v) is 9.39. The molecule has 2 rings (SSSR count). The Kier molecular flexibility index (Phi) is 7.93. The number of amides is 1. The fourth-order valence-electron chi connectivity index (χ4n) is 2.72. The molecule has 0 aromatic heterocycles. The van der Waals surface area contributed by atoms with Crippen LogP contribution in [0.3, 0.4) is 0 Å². The smallest absolute Gasteiger partial charge is 0.239 e. The molecule has 2 N–H and O–H groups in total. The zero-order chi connectivity index (χ0) is 19.5. The van der Waals surface area contributed by atoms with E-state index in [-0.39, 0.29) is 18.0 Å². The van der Waals surface area contributed by atoms with Gasteiger partial charge in [0.2, 0.25) is 5.91 Å². The van der Waals surface area contributed by atoms with E-state index in [4.69, 9.17) is 4.74 Å². The average molecular weight is 367 g/mol. The molecule has 1 saturated carbocycles. The lowest BCUT2D eigenvalue weighted by atomic mass is 10.1. The summed E-state index contributed by atoms with van der Waals surface area (Å²) in [6.07, 6.45) is 23.6. The van der Waals surface area contributed by atoms with Crippen LogP contribution < -0.4 is 10.6 Å². The molecule has 0 aromatic carbocycles. The van der Waals surface area contributed by atoms with E-state index >= 15 is 0 Å². The molecule has 0 atom stereocenters. The SMILES string of the molecule is C=CC1=CC(OC)=CC=C(NCC(=O)NC2(/C=C/C=C\C/C=C\C)CC2)C1. The Morgan fingerprint density at radius 3 is 2.78 bits per heavy atom. The van der Waals surface area contributed by atoms with Crippen molar-refractivity contribution in [2.24, 2.45) is 0 Å². The lowest BCUT2D eigenvalue weighted by molar-refractivity contribution is -0.120. The van der Waals surface area contributed by atoms with Crippen molar-refractivity contribution < 1.29 is 9.53 Å². The Morgan fingerprint density at radius 1 is 1.30 bits per heavy atom. The Hall–Kier alpha value is -2.75. The van der Waals surface area contributed by atoms with Gasteiger partial charge in [-0.15, -0.1) is 0 Å². The number of hydrogen-bond donors (Lipinski definition) is 2. The van der Waals surface area contributed by atoms with E-state index in [0.717, 1.165) is 36.3 Å². The maximum atomic E-state index is 12.3. The van der Waals surface area contributed by atoms with Crippen molar-refractivity contribution in [1.29, 1.82) is 0 Å². The Morgan fingerprint density at radius 2 is 2.11 bits per heavy atom. The molecular weight excluding hydrogens is 336 g/mol. The zero-order valence-electron chi connectivity index (χ0n) is 16.3. The van der Waals surface area contributed by atoms with Gasteiger partial charge in [0.25, 0.3) is 0 Å². The maximum Gasteiger partial charge on any atom is 0.239 e. The lowest BCUT2D eigenvalue weighted by Gasteiger charge is -2.15. The summed E-state index contributed by atoms with van der Waals surface area (Å²) in [5.74, 6) is 0.774. The maximum absolute atomic E-state index is 12.3. The number of nitrogens with one attached hydrogen (secondary N) is 2. The molecule has 0 radical (unpaired) electrons. The summed E-state index contributed by atoms with van der Waals surface area (Å²) >= 11 is 0. The first-order valence-electron chi connectivity index (χ1n) is 9.39. The van der Waals surface area contributed by atoms with Crippen LogP contribution in [-0.4, -0.2) is 25.1 Å². The van der Waals surface area contributed by atoms with Crippen LogP contribution in [0.25, 0.3) is 0 Å². The number of carbonyl (C=O) groups is 1. The predicted molar refractivity (Wildman–Crippen MR) is 112 cm³/mol. The molecule has 0 aliphatic heterocycles. The first-order chi connectivity index (χ1) is 13.1. The minimum Gasteiger partial charge on any atom is -0.497 e. The highest BCUT2D eigenvalue weighted by molar-refractivity contribution is 5.80. The van der Waals surface area contributed by atoms with Crippen molar-refractivity contribution in [3.8, 4) is 0 Å². The average Bonchev–Trinajstić information content (AvgIpc) is 3.46. The van der Waals surface area contributed by atoms with Gasteiger partial charge in [0.05, 0.1) is 19.2 Å². The molecule has 144 valence electrons. The van der Waals surface area contributed by atoms with Gasteiger partial charge in [0, 0.05) is 12.1 Å². The monoisotopic (exact) mass is 366 g/mol. The molecule has 0 saturated heterocycles. The highest BCUT2D eigenvalue weighted by Crippen LogP contribution is 2.36. The minimum atomic E-state index is -0.170. The molecule has 0 aromatic rings. The molecule has 1 amide bonds. The van der Waals surface area contributed by atoms with Crippen molar-refractivity contribution in [3.05, 3.63) is 84.4 Å². The molecule has 0 unspecified atom stereocenters. The number of allylic oxidation sites excluding steroid dienone is 10. The van der Waals surface area contributed by atoms with Gasteiger partial charge >= 0.3 is 0 Å². The second kappa shape index (κ2) is 10.4. The van der Waals surface area contributed by atoms with Crippen molar-refractivity contribution in [3.63, 3.8) is 0 Å². The van der Waals surface area contributed by atoms with Crippen molar-refractivity contribution in [2.75, 3.05) is 13.7 Å². The Bertz CT molecular complexity index is 717. The van der Waals surface area contributed by atoms with Gasteiger partial charge in [0.1, 0.15) is 5.76 Å². The van der Waals surface area contributed by atoms with E-state index in [0.29, 0.717) is 6.42 Å². The molecule has 27 heavy (non-hydrogen) atoms. The third-order valence-corrected chi connectivity index (χ3v) is 4.49. The van der Waals surface area contributed by atoms with Crippen LogP contribution in [0.2, 0.25) is 0 Å². The van der Waals surface area contributed by atoms with Crippen LogP contribution in [0.4, 0.5) is 0 Å². The second-order valence-corrected chi connectivity index (χ2v) is 6.72. The Balaban J connectivity index is 1.82. The fourth-order valence-corrected chi connectivity index (χ4v) is 2.72. The number of ether oxygens (including phenoxy) is 1. The lowest BCUT2D eigenvalue weighted by Crippen LogP contribution is -2.40. The van der Waals surface area contributed by atoms with Crippen molar-refractivity contribution in [1.82, 2.24) is 10.6 Å². The highest BCUT2D eigenvalue weighted by atomic mass is 16.5. The fraction of sp³-hybridized carbons (Fsp3) is 0.348. The highest BCUT2D eigenvalue weighted by Gasteiger charge is 2.41. The number of hydrogen-bond acceptors (Lipinski definition) is 3. The van der Waals surface area contributed by atoms with E-state index in [2.05, 4.69) is 35.4 Å². The van der Waals surface area contributed by atoms with E-state index in [1.165, 1.54) is 0 Å². The van der Waals surface area contributed by atoms with Crippen LogP contribution in [0, 0.1) is 0 Å². The summed E-state index contributed by atoms with van der Waals surface area (Å²) in [5.41, 5.74) is 1.85. The summed E-state index contributed by atoms with van der Waals surface area (Å²) in [6, 6.07) is 0. The summed E-state index contributed by atoms with van der Waals surface area (Å²) in [4.78, 5) is 12.3. The predicted octanol–water partition coefficient (Wildman–Crippen LogP) is 4.23. The van der Waals surface area contributed by atoms with Gasteiger partial charge in [-0.3, -0.25) is 4.79 Å². The minimum absolute atomic E-state index is 0.000250. The molecular formula is C23H30N2O2. The zero-order valence-corrected chi connectivity index (χ0v) is 16.3. The number of rotatable bonds is 10.